The molecule has 0 unspecified atom stereocenters. The first-order valence-corrected chi connectivity index (χ1v) is 7.07. The van der Waals surface area contributed by atoms with Gasteiger partial charge in [-0.2, -0.15) is 0 Å². The Hall–Kier alpha value is -1.07. The Morgan fingerprint density at radius 2 is 2.16 bits per heavy atom. The normalized spacial score (nSPS) is 10.6. The van der Waals surface area contributed by atoms with Gasteiger partial charge >= 0.3 is 0 Å². The molecular weight excluding hydrogens is 310 g/mol. The minimum absolute atomic E-state index is 0.131. The number of nitrogens with one attached hydrogen (secondary N) is 1. The number of carbonyl (C=O) groups excluding carboxylic acids is 1. The summed E-state index contributed by atoms with van der Waals surface area (Å²) in [5, 5.41) is 2.85. The van der Waals surface area contributed by atoms with Crippen LogP contribution in [0.15, 0.2) is 22.7 Å². The molecule has 1 amide bonds. The van der Waals surface area contributed by atoms with Crippen molar-refractivity contribution in [3.63, 3.8) is 0 Å². The zero-order valence-electron chi connectivity index (χ0n) is 11.5. The maximum atomic E-state index is 12.0. The molecule has 0 atom stereocenters. The lowest BCUT2D eigenvalue weighted by Crippen LogP contribution is -2.26. The standard InChI is InChI=1S/C14H20BrNO3/c1-10(2)19-8-4-7-16-14(17)12-6-5-11(15)9-13(12)18-3/h5-6,9-10H,4,7-8H2,1-3H3,(H,16,17). The van der Waals surface area contributed by atoms with Gasteiger partial charge in [0, 0.05) is 17.6 Å². The molecule has 0 radical (unpaired) electrons. The first-order chi connectivity index (χ1) is 9.04. The fourth-order valence-electron chi connectivity index (χ4n) is 1.54. The van der Waals surface area contributed by atoms with Crippen LogP contribution < -0.4 is 10.1 Å². The van der Waals surface area contributed by atoms with E-state index in [0.29, 0.717) is 24.5 Å². The third-order valence-electron chi connectivity index (χ3n) is 2.47. The molecule has 0 heterocycles. The number of benzene rings is 1. The zero-order chi connectivity index (χ0) is 14.3. The lowest BCUT2D eigenvalue weighted by molar-refractivity contribution is 0.0757. The fourth-order valence-corrected chi connectivity index (χ4v) is 1.88. The van der Waals surface area contributed by atoms with E-state index in [4.69, 9.17) is 9.47 Å². The highest BCUT2D eigenvalue weighted by atomic mass is 79.9. The lowest BCUT2D eigenvalue weighted by Gasteiger charge is -2.10. The number of hydrogen-bond donors (Lipinski definition) is 1. The smallest absolute Gasteiger partial charge is 0.255 e. The fraction of sp³-hybridized carbons (Fsp3) is 0.500. The van der Waals surface area contributed by atoms with E-state index in [0.717, 1.165) is 10.9 Å². The third-order valence-corrected chi connectivity index (χ3v) is 2.96. The van der Waals surface area contributed by atoms with Crippen molar-refractivity contribution < 1.29 is 14.3 Å². The average molecular weight is 330 g/mol. The predicted molar refractivity (Wildman–Crippen MR) is 78.7 cm³/mol. The quantitative estimate of drug-likeness (QED) is 0.782. The van der Waals surface area contributed by atoms with Crippen molar-refractivity contribution in [2.45, 2.75) is 26.4 Å². The van der Waals surface area contributed by atoms with Crippen molar-refractivity contribution in [2.24, 2.45) is 0 Å². The lowest BCUT2D eigenvalue weighted by atomic mass is 10.2. The topological polar surface area (TPSA) is 47.6 Å². The molecule has 0 aromatic heterocycles. The van der Waals surface area contributed by atoms with Gasteiger partial charge in [-0.25, -0.2) is 0 Å². The summed E-state index contributed by atoms with van der Waals surface area (Å²) in [6.07, 6.45) is 1.02. The second kappa shape index (κ2) is 8.17. The number of halogens is 1. The molecule has 1 N–H and O–H groups in total. The molecular formula is C14H20BrNO3. The highest BCUT2D eigenvalue weighted by Gasteiger charge is 2.11. The summed E-state index contributed by atoms with van der Waals surface area (Å²) in [5.74, 6) is 0.430. The van der Waals surface area contributed by atoms with Crippen LogP contribution in [0.3, 0.4) is 0 Å². The number of methoxy groups -OCH3 is 1. The van der Waals surface area contributed by atoms with E-state index in [1.807, 2.05) is 19.9 Å². The van der Waals surface area contributed by atoms with Crippen molar-refractivity contribution in [1.82, 2.24) is 5.32 Å². The summed E-state index contributed by atoms with van der Waals surface area (Å²) in [4.78, 5) is 12.0. The second-order valence-electron chi connectivity index (χ2n) is 4.37. The molecule has 106 valence electrons. The molecule has 0 fully saturated rings. The first kappa shape index (κ1) is 16.0. The van der Waals surface area contributed by atoms with Crippen LogP contribution in [0.1, 0.15) is 30.6 Å². The minimum atomic E-state index is -0.131. The number of ether oxygens (including phenoxy) is 2. The largest absolute Gasteiger partial charge is 0.496 e. The molecule has 0 bridgehead atoms. The molecule has 1 aromatic carbocycles. The summed E-state index contributed by atoms with van der Waals surface area (Å²) in [6, 6.07) is 5.33. The summed E-state index contributed by atoms with van der Waals surface area (Å²) in [5.41, 5.74) is 0.537. The SMILES string of the molecule is COc1cc(Br)ccc1C(=O)NCCCOC(C)C. The van der Waals surface area contributed by atoms with Gasteiger partial charge in [-0.3, -0.25) is 4.79 Å². The van der Waals surface area contributed by atoms with Crippen LogP contribution in [0.2, 0.25) is 0 Å². The van der Waals surface area contributed by atoms with Crippen molar-refractivity contribution in [1.29, 1.82) is 0 Å². The molecule has 0 spiro atoms. The van der Waals surface area contributed by atoms with Gasteiger partial charge in [0.05, 0.1) is 18.8 Å². The molecule has 4 nitrogen and oxygen atoms in total. The van der Waals surface area contributed by atoms with Crippen molar-refractivity contribution in [3.8, 4) is 5.75 Å². The maximum absolute atomic E-state index is 12.0. The Morgan fingerprint density at radius 3 is 2.79 bits per heavy atom. The Morgan fingerprint density at radius 1 is 1.42 bits per heavy atom. The Balaban J connectivity index is 2.45. The summed E-state index contributed by atoms with van der Waals surface area (Å²) >= 11 is 3.34. The van der Waals surface area contributed by atoms with E-state index >= 15 is 0 Å². The van der Waals surface area contributed by atoms with Crippen molar-refractivity contribution >= 4 is 21.8 Å². The van der Waals surface area contributed by atoms with E-state index in [1.54, 1.807) is 19.2 Å². The van der Waals surface area contributed by atoms with Gasteiger partial charge in [-0.15, -0.1) is 0 Å². The molecule has 1 rings (SSSR count). The van der Waals surface area contributed by atoms with Crippen molar-refractivity contribution in [2.75, 3.05) is 20.3 Å². The third kappa shape index (κ3) is 5.61. The molecule has 0 saturated carbocycles. The second-order valence-corrected chi connectivity index (χ2v) is 5.29. The van der Waals surface area contributed by atoms with Gasteiger partial charge in [0.2, 0.25) is 0 Å². The van der Waals surface area contributed by atoms with E-state index < -0.39 is 0 Å². The highest BCUT2D eigenvalue weighted by molar-refractivity contribution is 9.10. The maximum Gasteiger partial charge on any atom is 0.255 e. The molecule has 19 heavy (non-hydrogen) atoms. The van der Waals surface area contributed by atoms with Crippen LogP contribution >= 0.6 is 15.9 Å². The zero-order valence-corrected chi connectivity index (χ0v) is 13.1. The highest BCUT2D eigenvalue weighted by Crippen LogP contribution is 2.23. The number of rotatable bonds is 7. The van der Waals surface area contributed by atoms with Crippen LogP contribution in [0.5, 0.6) is 5.75 Å². The minimum Gasteiger partial charge on any atom is -0.496 e. The first-order valence-electron chi connectivity index (χ1n) is 6.28. The van der Waals surface area contributed by atoms with Crippen molar-refractivity contribution in [3.05, 3.63) is 28.2 Å². The summed E-state index contributed by atoms with van der Waals surface area (Å²) in [6.45, 7) is 5.22. The van der Waals surface area contributed by atoms with Crippen LogP contribution in [-0.2, 0) is 4.74 Å². The van der Waals surface area contributed by atoms with Crippen LogP contribution in [-0.4, -0.2) is 32.3 Å². The van der Waals surface area contributed by atoms with Gasteiger partial charge in [-0.05, 0) is 38.5 Å². The number of amides is 1. The molecule has 0 aliphatic heterocycles. The van der Waals surface area contributed by atoms with E-state index in [2.05, 4.69) is 21.2 Å². The van der Waals surface area contributed by atoms with Gasteiger partial charge < -0.3 is 14.8 Å². The van der Waals surface area contributed by atoms with E-state index in [9.17, 15) is 4.79 Å². The Bertz CT molecular complexity index is 421. The Labute approximate surface area is 122 Å². The molecule has 0 aliphatic carbocycles. The summed E-state index contributed by atoms with van der Waals surface area (Å²) < 4.78 is 11.5. The monoisotopic (exact) mass is 329 g/mol. The number of carbonyl (C=O) groups is 1. The number of hydrogen-bond acceptors (Lipinski definition) is 3. The predicted octanol–water partition coefficient (Wildman–Crippen LogP) is 3.00. The summed E-state index contributed by atoms with van der Waals surface area (Å²) in [7, 11) is 1.55. The van der Waals surface area contributed by atoms with Gasteiger partial charge in [0.1, 0.15) is 5.75 Å². The van der Waals surface area contributed by atoms with Crippen LogP contribution in [0, 0.1) is 0 Å². The van der Waals surface area contributed by atoms with Gasteiger partial charge in [0.25, 0.3) is 5.91 Å². The Kier molecular flexibility index (Phi) is 6.87. The molecule has 0 saturated heterocycles. The molecule has 1 aromatic rings. The van der Waals surface area contributed by atoms with Gasteiger partial charge in [0.15, 0.2) is 0 Å². The average Bonchev–Trinajstić information content (AvgIpc) is 2.37. The van der Waals surface area contributed by atoms with Gasteiger partial charge in [-0.1, -0.05) is 15.9 Å². The molecule has 0 aliphatic rings. The van der Waals surface area contributed by atoms with E-state index in [-0.39, 0.29) is 12.0 Å². The van der Waals surface area contributed by atoms with Crippen LogP contribution in [0.4, 0.5) is 0 Å². The molecule has 5 heteroatoms. The van der Waals surface area contributed by atoms with Crippen LogP contribution in [0.25, 0.3) is 0 Å². The van der Waals surface area contributed by atoms with E-state index in [1.165, 1.54) is 0 Å².